The van der Waals surface area contributed by atoms with E-state index >= 15 is 0 Å². The average Bonchev–Trinajstić information content (AvgIpc) is 2.89. The molecule has 1 N–H and O–H groups in total. The SMILES string of the molecule is c1csc(CNc2cccc3ncccc23)c1. The van der Waals surface area contributed by atoms with Gasteiger partial charge in [0.1, 0.15) is 0 Å². The molecule has 0 radical (unpaired) electrons. The van der Waals surface area contributed by atoms with Gasteiger partial charge in [0.15, 0.2) is 0 Å². The van der Waals surface area contributed by atoms with Crippen LogP contribution in [0.4, 0.5) is 5.69 Å². The van der Waals surface area contributed by atoms with Crippen molar-refractivity contribution < 1.29 is 0 Å². The number of aromatic nitrogens is 1. The fourth-order valence-electron chi connectivity index (χ4n) is 1.85. The molecule has 0 bridgehead atoms. The van der Waals surface area contributed by atoms with E-state index in [2.05, 4.69) is 39.9 Å². The van der Waals surface area contributed by atoms with Crippen molar-refractivity contribution in [2.24, 2.45) is 0 Å². The lowest BCUT2D eigenvalue weighted by Crippen LogP contribution is -1.98. The maximum Gasteiger partial charge on any atom is 0.0722 e. The molecule has 3 rings (SSSR count). The number of nitrogens with one attached hydrogen (secondary N) is 1. The minimum Gasteiger partial charge on any atom is -0.380 e. The smallest absolute Gasteiger partial charge is 0.0722 e. The predicted octanol–water partition coefficient (Wildman–Crippen LogP) is 3.91. The Bertz CT molecular complexity index is 612. The van der Waals surface area contributed by atoms with E-state index < -0.39 is 0 Å². The van der Waals surface area contributed by atoms with E-state index in [0.717, 1.165) is 17.7 Å². The van der Waals surface area contributed by atoms with E-state index in [1.54, 1.807) is 11.3 Å². The zero-order chi connectivity index (χ0) is 11.5. The summed E-state index contributed by atoms with van der Waals surface area (Å²) in [5.74, 6) is 0. The lowest BCUT2D eigenvalue weighted by atomic mass is 10.2. The van der Waals surface area contributed by atoms with Crippen LogP contribution in [-0.2, 0) is 6.54 Å². The molecule has 3 heteroatoms. The molecule has 2 heterocycles. The predicted molar refractivity (Wildman–Crippen MR) is 73.4 cm³/mol. The molecule has 0 amide bonds. The Morgan fingerprint density at radius 3 is 2.94 bits per heavy atom. The second-order valence-corrected chi connectivity index (χ2v) is 4.84. The highest BCUT2D eigenvalue weighted by atomic mass is 32.1. The van der Waals surface area contributed by atoms with E-state index in [0.29, 0.717) is 0 Å². The quantitative estimate of drug-likeness (QED) is 0.750. The molecule has 17 heavy (non-hydrogen) atoms. The number of thiophene rings is 1. The molecule has 0 aliphatic heterocycles. The van der Waals surface area contributed by atoms with Crippen molar-refractivity contribution in [2.45, 2.75) is 6.54 Å². The number of fused-ring (bicyclic) bond motifs is 1. The Kier molecular flexibility index (Phi) is 2.76. The van der Waals surface area contributed by atoms with Crippen LogP contribution in [0.1, 0.15) is 4.88 Å². The van der Waals surface area contributed by atoms with Gasteiger partial charge in [-0.15, -0.1) is 11.3 Å². The number of hydrogen-bond donors (Lipinski definition) is 1. The molecule has 0 fully saturated rings. The van der Waals surface area contributed by atoms with Gasteiger partial charge in [0.2, 0.25) is 0 Å². The third-order valence-corrected chi connectivity index (χ3v) is 3.56. The van der Waals surface area contributed by atoms with Crippen LogP contribution in [-0.4, -0.2) is 4.98 Å². The Hall–Kier alpha value is -1.87. The summed E-state index contributed by atoms with van der Waals surface area (Å²) >= 11 is 1.77. The van der Waals surface area contributed by atoms with E-state index in [4.69, 9.17) is 0 Å². The Balaban J connectivity index is 1.90. The third-order valence-electron chi connectivity index (χ3n) is 2.68. The fourth-order valence-corrected chi connectivity index (χ4v) is 2.50. The van der Waals surface area contributed by atoms with Gasteiger partial charge in [0, 0.05) is 28.7 Å². The van der Waals surface area contributed by atoms with Gasteiger partial charge in [0.05, 0.1) is 5.52 Å². The molecule has 0 spiro atoms. The minimum absolute atomic E-state index is 0.867. The van der Waals surface area contributed by atoms with E-state index in [1.165, 1.54) is 10.3 Å². The normalized spacial score (nSPS) is 10.6. The van der Waals surface area contributed by atoms with Crippen molar-refractivity contribution in [1.29, 1.82) is 0 Å². The third kappa shape index (κ3) is 2.15. The minimum atomic E-state index is 0.867. The average molecular weight is 240 g/mol. The van der Waals surface area contributed by atoms with Crippen molar-refractivity contribution in [3.05, 3.63) is 58.9 Å². The number of benzene rings is 1. The van der Waals surface area contributed by atoms with Gasteiger partial charge in [-0.25, -0.2) is 0 Å². The van der Waals surface area contributed by atoms with Gasteiger partial charge in [0.25, 0.3) is 0 Å². The van der Waals surface area contributed by atoms with Gasteiger partial charge < -0.3 is 5.32 Å². The number of pyridine rings is 1. The monoisotopic (exact) mass is 240 g/mol. The van der Waals surface area contributed by atoms with Crippen molar-refractivity contribution in [2.75, 3.05) is 5.32 Å². The van der Waals surface area contributed by atoms with Gasteiger partial charge in [-0.05, 0) is 35.7 Å². The van der Waals surface area contributed by atoms with Crippen molar-refractivity contribution in [1.82, 2.24) is 4.98 Å². The van der Waals surface area contributed by atoms with Crippen LogP contribution < -0.4 is 5.32 Å². The highest BCUT2D eigenvalue weighted by Crippen LogP contribution is 2.22. The second kappa shape index (κ2) is 4.55. The molecule has 0 aliphatic rings. The highest BCUT2D eigenvalue weighted by Gasteiger charge is 2.00. The zero-order valence-corrected chi connectivity index (χ0v) is 10.1. The van der Waals surface area contributed by atoms with Gasteiger partial charge in [-0.2, -0.15) is 0 Å². The summed E-state index contributed by atoms with van der Waals surface area (Å²) in [6.45, 7) is 0.867. The largest absolute Gasteiger partial charge is 0.380 e. The molecular weight excluding hydrogens is 228 g/mol. The summed E-state index contributed by atoms with van der Waals surface area (Å²) in [4.78, 5) is 5.69. The zero-order valence-electron chi connectivity index (χ0n) is 9.26. The summed E-state index contributed by atoms with van der Waals surface area (Å²) in [6.07, 6.45) is 1.82. The van der Waals surface area contributed by atoms with Crippen molar-refractivity contribution in [3.8, 4) is 0 Å². The number of rotatable bonds is 3. The van der Waals surface area contributed by atoms with E-state index in [1.807, 2.05) is 24.4 Å². The summed E-state index contributed by atoms with van der Waals surface area (Å²) in [5.41, 5.74) is 2.17. The van der Waals surface area contributed by atoms with Crippen LogP contribution in [0.2, 0.25) is 0 Å². The first-order valence-corrected chi connectivity index (χ1v) is 6.41. The molecule has 0 saturated carbocycles. The van der Waals surface area contributed by atoms with Crippen LogP contribution in [0.15, 0.2) is 54.0 Å². The van der Waals surface area contributed by atoms with Gasteiger partial charge in [-0.3, -0.25) is 4.98 Å². The molecule has 3 aromatic rings. The summed E-state index contributed by atoms with van der Waals surface area (Å²) in [7, 11) is 0. The lowest BCUT2D eigenvalue weighted by Gasteiger charge is -2.08. The first-order chi connectivity index (χ1) is 8.43. The maximum atomic E-state index is 4.35. The molecule has 0 saturated heterocycles. The van der Waals surface area contributed by atoms with Gasteiger partial charge in [-0.1, -0.05) is 12.1 Å². The summed E-state index contributed by atoms with van der Waals surface area (Å²) < 4.78 is 0. The van der Waals surface area contributed by atoms with Crippen LogP contribution in [0.5, 0.6) is 0 Å². The van der Waals surface area contributed by atoms with E-state index in [-0.39, 0.29) is 0 Å². The summed E-state index contributed by atoms with van der Waals surface area (Å²) in [6, 6.07) is 14.4. The van der Waals surface area contributed by atoms with Crippen LogP contribution >= 0.6 is 11.3 Å². The first kappa shape index (κ1) is 10.3. The number of nitrogens with zero attached hydrogens (tertiary/aromatic N) is 1. The molecule has 84 valence electrons. The van der Waals surface area contributed by atoms with Crippen molar-refractivity contribution >= 4 is 27.9 Å². The van der Waals surface area contributed by atoms with Crippen LogP contribution in [0.3, 0.4) is 0 Å². The number of anilines is 1. The number of hydrogen-bond acceptors (Lipinski definition) is 3. The Labute approximate surface area is 104 Å². The molecule has 2 aromatic heterocycles. The highest BCUT2D eigenvalue weighted by molar-refractivity contribution is 7.09. The molecule has 0 unspecified atom stereocenters. The molecule has 2 nitrogen and oxygen atoms in total. The maximum absolute atomic E-state index is 4.35. The van der Waals surface area contributed by atoms with Crippen LogP contribution in [0, 0.1) is 0 Å². The standard InChI is InChI=1S/C14H12N2S/c1-6-13-12(5-2-8-15-13)14(7-1)16-10-11-4-3-9-17-11/h1-9,16H,10H2. The lowest BCUT2D eigenvalue weighted by molar-refractivity contribution is 1.20. The molecular formula is C14H12N2S. The topological polar surface area (TPSA) is 24.9 Å². The Morgan fingerprint density at radius 1 is 1.06 bits per heavy atom. The van der Waals surface area contributed by atoms with E-state index in [9.17, 15) is 0 Å². The summed E-state index contributed by atoms with van der Waals surface area (Å²) in [5, 5.41) is 6.73. The molecule has 0 aliphatic carbocycles. The van der Waals surface area contributed by atoms with Gasteiger partial charge >= 0.3 is 0 Å². The molecule has 1 aromatic carbocycles. The van der Waals surface area contributed by atoms with Crippen LogP contribution in [0.25, 0.3) is 10.9 Å². The fraction of sp³-hybridized carbons (Fsp3) is 0.0714. The molecule has 0 atom stereocenters. The second-order valence-electron chi connectivity index (χ2n) is 3.81. The first-order valence-electron chi connectivity index (χ1n) is 5.53. The van der Waals surface area contributed by atoms with Crippen molar-refractivity contribution in [3.63, 3.8) is 0 Å². The Morgan fingerprint density at radius 2 is 2.06 bits per heavy atom.